The summed E-state index contributed by atoms with van der Waals surface area (Å²) in [7, 11) is 4.29. The molecule has 9 nitrogen and oxygen atoms in total. The topological polar surface area (TPSA) is 119 Å². The number of carboxylic acid groups (broad SMARTS) is 2. The van der Waals surface area contributed by atoms with Gasteiger partial charge in [0.1, 0.15) is 5.82 Å². The van der Waals surface area contributed by atoms with Gasteiger partial charge in [-0.1, -0.05) is 20.8 Å². The van der Waals surface area contributed by atoms with E-state index >= 15 is 0 Å². The van der Waals surface area contributed by atoms with Crippen LogP contribution in [0.1, 0.15) is 27.2 Å². The van der Waals surface area contributed by atoms with Crippen LogP contribution in [0.25, 0.3) is 0 Å². The van der Waals surface area contributed by atoms with Gasteiger partial charge in [0.05, 0.1) is 0 Å². The molecule has 0 saturated carbocycles. The van der Waals surface area contributed by atoms with E-state index in [2.05, 4.69) is 60.0 Å². The Kier molecular flexibility index (Phi) is 11.5. The summed E-state index contributed by atoms with van der Waals surface area (Å²) >= 11 is 0. The number of nitrogens with one attached hydrogen (secondary N) is 1. The SMILES string of the molecule is CN(C)[C@@H]1CCN(c2ccnc(NCC(C)(C)C)n2)C1.O=C(O)C(F)(F)F.O=C(O)C(F)(F)F. The first kappa shape index (κ1) is 31.2. The second kappa shape index (κ2) is 12.6. The number of aliphatic carboxylic acids is 2. The number of anilines is 2. The smallest absolute Gasteiger partial charge is 0.475 e. The molecule has 1 aromatic rings. The molecule has 34 heavy (non-hydrogen) atoms. The van der Waals surface area contributed by atoms with Gasteiger partial charge in [-0.15, -0.1) is 0 Å². The fourth-order valence-corrected chi connectivity index (χ4v) is 2.33. The van der Waals surface area contributed by atoms with Crippen molar-refractivity contribution in [3.63, 3.8) is 0 Å². The third-order valence-electron chi connectivity index (χ3n) is 4.12. The molecule has 1 saturated heterocycles. The van der Waals surface area contributed by atoms with Crippen LogP contribution >= 0.6 is 0 Å². The lowest BCUT2D eigenvalue weighted by Gasteiger charge is -2.22. The molecule has 1 aromatic heterocycles. The summed E-state index contributed by atoms with van der Waals surface area (Å²) in [5.74, 6) is -3.76. The molecule has 0 amide bonds. The highest BCUT2D eigenvalue weighted by Gasteiger charge is 2.38. The number of alkyl halides is 6. The van der Waals surface area contributed by atoms with Crippen LogP contribution in [-0.2, 0) is 9.59 Å². The van der Waals surface area contributed by atoms with Crippen LogP contribution in [0.5, 0.6) is 0 Å². The Morgan fingerprint density at radius 3 is 1.91 bits per heavy atom. The molecule has 0 spiro atoms. The zero-order chi connectivity index (χ0) is 26.9. The minimum atomic E-state index is -5.08. The molecule has 1 fully saturated rings. The second-order valence-corrected chi connectivity index (χ2v) is 8.61. The number of halogens is 6. The van der Waals surface area contributed by atoms with Crippen molar-refractivity contribution in [3.05, 3.63) is 12.3 Å². The molecule has 1 atom stereocenters. The lowest BCUT2D eigenvalue weighted by Crippen LogP contribution is -2.31. The summed E-state index contributed by atoms with van der Waals surface area (Å²) in [6.45, 7) is 9.59. The fraction of sp³-hybridized carbons (Fsp3) is 0.684. The van der Waals surface area contributed by atoms with Gasteiger partial charge in [0.2, 0.25) is 5.95 Å². The minimum Gasteiger partial charge on any atom is -0.475 e. The Bertz CT molecular complexity index is 773. The molecular formula is C19H29F6N5O4. The Balaban J connectivity index is 0.000000642. The largest absolute Gasteiger partial charge is 0.490 e. The summed E-state index contributed by atoms with van der Waals surface area (Å²) in [5.41, 5.74) is 0.225. The summed E-state index contributed by atoms with van der Waals surface area (Å²) in [6, 6.07) is 2.62. The van der Waals surface area contributed by atoms with Gasteiger partial charge in [0.25, 0.3) is 0 Å². The van der Waals surface area contributed by atoms with E-state index < -0.39 is 24.3 Å². The van der Waals surface area contributed by atoms with Crippen molar-refractivity contribution in [2.45, 2.75) is 45.6 Å². The van der Waals surface area contributed by atoms with E-state index in [1.54, 1.807) is 0 Å². The molecule has 1 aliphatic rings. The van der Waals surface area contributed by atoms with Gasteiger partial charge < -0.3 is 25.3 Å². The summed E-state index contributed by atoms with van der Waals surface area (Å²) in [5, 5.41) is 17.6. The van der Waals surface area contributed by atoms with Crippen molar-refractivity contribution in [3.8, 4) is 0 Å². The van der Waals surface area contributed by atoms with E-state index in [0.717, 1.165) is 31.4 Å². The Labute approximate surface area is 192 Å². The van der Waals surface area contributed by atoms with Crippen LogP contribution in [0.15, 0.2) is 12.3 Å². The third-order valence-corrected chi connectivity index (χ3v) is 4.12. The molecule has 0 aromatic carbocycles. The molecule has 0 radical (unpaired) electrons. The van der Waals surface area contributed by atoms with Crippen LogP contribution in [0.2, 0.25) is 0 Å². The highest BCUT2D eigenvalue weighted by molar-refractivity contribution is 5.73. The maximum absolute atomic E-state index is 10.6. The van der Waals surface area contributed by atoms with Gasteiger partial charge in [-0.05, 0) is 32.0 Å². The fourth-order valence-electron chi connectivity index (χ4n) is 2.33. The quantitative estimate of drug-likeness (QED) is 0.530. The lowest BCUT2D eigenvalue weighted by atomic mass is 9.97. The molecule has 2 heterocycles. The van der Waals surface area contributed by atoms with Crippen LogP contribution in [0.4, 0.5) is 38.1 Å². The molecule has 0 bridgehead atoms. The molecule has 3 N–H and O–H groups in total. The van der Waals surface area contributed by atoms with Crippen molar-refractivity contribution >= 4 is 23.7 Å². The minimum absolute atomic E-state index is 0.225. The number of hydrogen-bond donors (Lipinski definition) is 3. The second-order valence-electron chi connectivity index (χ2n) is 8.61. The van der Waals surface area contributed by atoms with Crippen LogP contribution in [-0.4, -0.2) is 89.1 Å². The number of carboxylic acids is 2. The standard InChI is InChI=1S/C15H27N5.2C2HF3O2/c1-15(2,3)11-17-14-16-8-6-13(18-14)20-9-7-12(10-20)19(4)5;2*3-2(4,5)1(6)7/h6,8,12H,7,9-11H2,1-5H3,(H,16,17,18);2*(H,6,7)/t12-;;/m1../s1. The average molecular weight is 505 g/mol. The number of carbonyl (C=O) groups is 2. The first-order valence-electron chi connectivity index (χ1n) is 9.82. The maximum Gasteiger partial charge on any atom is 0.490 e. The summed E-state index contributed by atoms with van der Waals surface area (Å²) in [6.07, 6.45) is -7.13. The molecule has 0 aliphatic carbocycles. The number of nitrogens with zero attached hydrogens (tertiary/aromatic N) is 4. The summed E-state index contributed by atoms with van der Waals surface area (Å²) < 4.78 is 63.5. The Morgan fingerprint density at radius 2 is 1.56 bits per heavy atom. The molecule has 0 unspecified atom stereocenters. The van der Waals surface area contributed by atoms with Crippen molar-refractivity contribution < 1.29 is 46.1 Å². The number of hydrogen-bond acceptors (Lipinski definition) is 7. The van der Waals surface area contributed by atoms with Crippen molar-refractivity contribution in [1.82, 2.24) is 14.9 Å². The lowest BCUT2D eigenvalue weighted by molar-refractivity contribution is -0.193. The first-order valence-corrected chi connectivity index (χ1v) is 9.82. The van der Waals surface area contributed by atoms with Crippen molar-refractivity contribution in [2.24, 2.45) is 5.41 Å². The highest BCUT2D eigenvalue weighted by atomic mass is 19.4. The van der Waals surface area contributed by atoms with Gasteiger partial charge in [-0.25, -0.2) is 14.6 Å². The van der Waals surface area contributed by atoms with E-state index in [4.69, 9.17) is 19.8 Å². The zero-order valence-electron chi connectivity index (χ0n) is 19.3. The predicted octanol–water partition coefficient (Wildman–Crippen LogP) is 3.34. The molecule has 15 heteroatoms. The van der Waals surface area contributed by atoms with E-state index in [9.17, 15) is 26.3 Å². The average Bonchev–Trinajstić information content (AvgIpc) is 3.16. The normalized spacial score (nSPS) is 16.2. The third kappa shape index (κ3) is 13.0. The molecule has 2 rings (SSSR count). The van der Waals surface area contributed by atoms with Crippen LogP contribution in [0, 0.1) is 5.41 Å². The number of likely N-dealkylation sites (N-methyl/N-ethyl adjacent to an activating group) is 1. The van der Waals surface area contributed by atoms with Crippen LogP contribution < -0.4 is 10.2 Å². The number of rotatable bonds is 4. The Morgan fingerprint density at radius 1 is 1.09 bits per heavy atom. The zero-order valence-corrected chi connectivity index (χ0v) is 19.3. The van der Waals surface area contributed by atoms with Crippen molar-refractivity contribution in [1.29, 1.82) is 0 Å². The van der Waals surface area contributed by atoms with E-state index in [0.29, 0.717) is 6.04 Å². The Hall–Kier alpha value is -2.84. The molecule has 1 aliphatic heterocycles. The molecular weight excluding hydrogens is 476 g/mol. The summed E-state index contributed by atoms with van der Waals surface area (Å²) in [4.78, 5) is 31.4. The van der Waals surface area contributed by atoms with Gasteiger partial charge in [0.15, 0.2) is 0 Å². The highest BCUT2D eigenvalue weighted by Crippen LogP contribution is 2.21. The van der Waals surface area contributed by atoms with Gasteiger partial charge >= 0.3 is 24.3 Å². The maximum atomic E-state index is 10.6. The number of aromatic nitrogens is 2. The monoisotopic (exact) mass is 505 g/mol. The van der Waals surface area contributed by atoms with E-state index in [1.807, 2.05) is 12.3 Å². The van der Waals surface area contributed by atoms with E-state index in [-0.39, 0.29) is 5.41 Å². The van der Waals surface area contributed by atoms with Gasteiger partial charge in [0, 0.05) is 31.9 Å². The van der Waals surface area contributed by atoms with Gasteiger partial charge in [-0.3, -0.25) is 0 Å². The van der Waals surface area contributed by atoms with Crippen molar-refractivity contribution in [2.75, 3.05) is 43.9 Å². The van der Waals surface area contributed by atoms with Gasteiger partial charge in [-0.2, -0.15) is 31.3 Å². The van der Waals surface area contributed by atoms with E-state index in [1.165, 1.54) is 6.42 Å². The molecule has 196 valence electrons. The first-order chi connectivity index (χ1) is 15.2. The van der Waals surface area contributed by atoms with Crippen LogP contribution in [0.3, 0.4) is 0 Å². The predicted molar refractivity (Wildman–Crippen MR) is 112 cm³/mol.